The molecule has 2 aromatic carbocycles. The van der Waals surface area contributed by atoms with Gasteiger partial charge in [-0.25, -0.2) is 21.2 Å². The zero-order chi connectivity index (χ0) is 41.5. The van der Waals surface area contributed by atoms with Crippen LogP contribution < -0.4 is 10.6 Å². The Morgan fingerprint density at radius 2 is 1.02 bits per heavy atom. The number of carbonyl (C=O) groups is 2. The summed E-state index contributed by atoms with van der Waals surface area (Å²) < 4.78 is 72.6. The molecule has 4 rings (SSSR count). The molecule has 2 heterocycles. The number of nitrogens with zero attached hydrogens (tertiary/aromatic N) is 2. The topological polar surface area (TPSA) is 179 Å². The quantitative estimate of drug-likeness (QED) is 0.176. The first-order valence-corrected chi connectivity index (χ1v) is 20.3. The first-order valence-electron chi connectivity index (χ1n) is 17.0. The van der Waals surface area contributed by atoms with E-state index >= 15 is 0 Å². The fourth-order valence-corrected chi connectivity index (χ4v) is 7.49. The van der Waals surface area contributed by atoms with Crippen LogP contribution >= 0.6 is 11.6 Å². The Kier molecular flexibility index (Phi) is 12.5. The molecule has 4 aromatic rings. The number of aromatic nitrogens is 2. The maximum Gasteiger partial charge on any atom is 0.246 e. The van der Waals surface area contributed by atoms with E-state index in [1.807, 2.05) is 41.5 Å². The fourth-order valence-electron chi connectivity index (χ4n) is 4.55. The summed E-state index contributed by atoms with van der Waals surface area (Å²) in [6, 6.07) is 13.0. The van der Waals surface area contributed by atoms with Gasteiger partial charge in [-0.05, 0) is 69.0 Å². The van der Waals surface area contributed by atoms with E-state index < -0.39 is 51.7 Å². The van der Waals surface area contributed by atoms with Gasteiger partial charge >= 0.3 is 0 Å². The van der Waals surface area contributed by atoms with E-state index in [1.165, 1.54) is 39.8 Å². The van der Waals surface area contributed by atoms with Crippen LogP contribution in [0.3, 0.4) is 0 Å². The number of halogens is 2. The SMILES string of the molecule is CC(C)(C)c1cc(NC(=O)C(C)(C)S(=O)(=O)c2ccc(Cl)cc2F)no1.CC(C)(C)c1ccc(S(=O)(=O)C(C)(C)C(=O)Nc2cc(C(C)(C)C)on2)cc1. The van der Waals surface area contributed by atoms with E-state index in [9.17, 15) is 30.8 Å². The number of nitrogens with one attached hydrogen (secondary N) is 2. The number of carbonyl (C=O) groups excluding carboxylic acids is 2. The number of anilines is 2. The molecular formula is C38H50ClFN4O8S2. The van der Waals surface area contributed by atoms with Gasteiger partial charge in [0.05, 0.1) is 4.90 Å². The van der Waals surface area contributed by atoms with E-state index in [-0.39, 0.29) is 37.8 Å². The van der Waals surface area contributed by atoms with Gasteiger partial charge in [-0.15, -0.1) is 0 Å². The third kappa shape index (κ3) is 9.58. The third-order valence-electron chi connectivity index (χ3n) is 8.63. The van der Waals surface area contributed by atoms with Crippen LogP contribution in [0.1, 0.15) is 107 Å². The highest BCUT2D eigenvalue weighted by molar-refractivity contribution is 7.94. The Balaban J connectivity index is 0.000000291. The summed E-state index contributed by atoms with van der Waals surface area (Å²) in [6.45, 7) is 22.9. The number of rotatable bonds is 8. The lowest BCUT2D eigenvalue weighted by Crippen LogP contribution is -2.44. The summed E-state index contributed by atoms with van der Waals surface area (Å²) in [4.78, 5) is 24.8. The standard InChI is InChI=1S/C21H30N2O4S.C17H20ClFN2O4S/c1-19(2,3)14-9-11-15(12-10-14)28(25,26)21(7,8)18(24)22-17-13-16(27-23-17)20(4,5)6;1-16(2,3)13-9-14(21-25-13)20-15(22)17(4,5)26(23,24)12-7-6-10(18)8-11(12)19/h9-13H,1-8H3,(H,22,23,24);6-9H,1-5H3,(H,20,21,22). The average Bonchev–Trinajstić information content (AvgIpc) is 3.71. The Hall–Kier alpha value is -4.08. The molecule has 2 N–H and O–H groups in total. The van der Waals surface area contributed by atoms with Gasteiger partial charge in [-0.2, -0.15) is 0 Å². The van der Waals surface area contributed by atoms with Gasteiger partial charge in [0.2, 0.25) is 11.8 Å². The second-order valence-electron chi connectivity index (χ2n) is 16.9. The van der Waals surface area contributed by atoms with Crippen LogP contribution in [0, 0.1) is 5.82 Å². The van der Waals surface area contributed by atoms with Crippen LogP contribution in [-0.2, 0) is 45.5 Å². The molecule has 0 saturated heterocycles. The molecule has 0 saturated carbocycles. The molecule has 0 bridgehead atoms. The molecule has 54 heavy (non-hydrogen) atoms. The summed E-state index contributed by atoms with van der Waals surface area (Å²) >= 11 is 5.66. The summed E-state index contributed by atoms with van der Waals surface area (Å²) in [7, 11) is -8.24. The van der Waals surface area contributed by atoms with E-state index in [1.54, 1.807) is 30.3 Å². The van der Waals surface area contributed by atoms with Crippen molar-refractivity contribution in [2.45, 2.75) is 126 Å². The summed E-state index contributed by atoms with van der Waals surface area (Å²) in [5.41, 5.74) is 0.328. The van der Waals surface area contributed by atoms with Crippen LogP contribution in [-0.4, -0.2) is 48.5 Å². The first-order chi connectivity index (χ1) is 24.3. The molecule has 0 aliphatic heterocycles. The normalized spacial score (nSPS) is 13.2. The highest BCUT2D eigenvalue weighted by Crippen LogP contribution is 2.33. The Morgan fingerprint density at radius 1 is 0.611 bits per heavy atom. The van der Waals surface area contributed by atoms with Crippen molar-refractivity contribution in [1.29, 1.82) is 0 Å². The Morgan fingerprint density at radius 3 is 1.37 bits per heavy atom. The zero-order valence-electron chi connectivity index (χ0n) is 32.9. The molecule has 2 amide bonds. The van der Waals surface area contributed by atoms with Crippen molar-refractivity contribution in [3.05, 3.63) is 82.5 Å². The average molecular weight is 809 g/mol. The van der Waals surface area contributed by atoms with E-state index in [2.05, 4.69) is 41.7 Å². The minimum atomic E-state index is -4.33. The number of amides is 2. The van der Waals surface area contributed by atoms with Crippen molar-refractivity contribution in [2.24, 2.45) is 0 Å². The lowest BCUT2D eigenvalue weighted by molar-refractivity contribution is -0.118. The van der Waals surface area contributed by atoms with Crippen molar-refractivity contribution in [3.8, 4) is 0 Å². The monoisotopic (exact) mass is 808 g/mol. The van der Waals surface area contributed by atoms with E-state index in [0.29, 0.717) is 11.5 Å². The summed E-state index contributed by atoms with van der Waals surface area (Å²) in [5, 5.41) is 12.6. The second kappa shape index (κ2) is 15.2. The molecule has 0 atom stereocenters. The van der Waals surface area contributed by atoms with Crippen molar-refractivity contribution in [1.82, 2.24) is 10.3 Å². The molecule has 0 aliphatic carbocycles. The maximum absolute atomic E-state index is 14.1. The molecule has 0 fully saturated rings. The molecule has 12 nitrogen and oxygen atoms in total. The molecule has 296 valence electrons. The van der Waals surface area contributed by atoms with Crippen molar-refractivity contribution in [3.63, 3.8) is 0 Å². The van der Waals surface area contributed by atoms with Crippen molar-refractivity contribution in [2.75, 3.05) is 10.6 Å². The molecule has 0 radical (unpaired) electrons. The van der Waals surface area contributed by atoms with Crippen LogP contribution in [0.15, 0.2) is 73.4 Å². The predicted octanol–water partition coefficient (Wildman–Crippen LogP) is 8.42. The van der Waals surface area contributed by atoms with Gasteiger partial charge in [0.1, 0.15) is 31.7 Å². The molecule has 16 heteroatoms. The summed E-state index contributed by atoms with van der Waals surface area (Å²) in [5.74, 6) is -1.14. The van der Waals surface area contributed by atoms with Gasteiger partial charge in [0.15, 0.2) is 31.3 Å². The highest BCUT2D eigenvalue weighted by Gasteiger charge is 2.45. The van der Waals surface area contributed by atoms with Gasteiger partial charge in [-0.3, -0.25) is 9.59 Å². The third-order valence-corrected chi connectivity index (χ3v) is 13.7. The molecule has 0 spiro atoms. The molecule has 2 aromatic heterocycles. The highest BCUT2D eigenvalue weighted by atomic mass is 35.5. The lowest BCUT2D eigenvalue weighted by atomic mass is 9.87. The zero-order valence-corrected chi connectivity index (χ0v) is 35.3. The Bertz CT molecular complexity index is 2220. The fraction of sp³-hybridized carbons (Fsp3) is 0.474. The maximum atomic E-state index is 14.1. The smallest absolute Gasteiger partial charge is 0.246 e. The van der Waals surface area contributed by atoms with Gasteiger partial charge in [0.25, 0.3) is 0 Å². The van der Waals surface area contributed by atoms with Crippen LogP contribution in [0.2, 0.25) is 5.02 Å². The first kappa shape index (κ1) is 44.3. The number of benzene rings is 2. The minimum absolute atomic E-state index is 0.0565. The summed E-state index contributed by atoms with van der Waals surface area (Å²) in [6.07, 6.45) is 0. The molecule has 0 unspecified atom stereocenters. The number of sulfone groups is 2. The van der Waals surface area contributed by atoms with E-state index in [0.717, 1.165) is 17.7 Å². The van der Waals surface area contributed by atoms with Gasteiger partial charge in [-0.1, -0.05) is 96.4 Å². The molecular weight excluding hydrogens is 759 g/mol. The van der Waals surface area contributed by atoms with Crippen molar-refractivity contribution >= 4 is 54.7 Å². The Labute approximate surface area is 322 Å². The van der Waals surface area contributed by atoms with Crippen LogP contribution in [0.4, 0.5) is 16.0 Å². The van der Waals surface area contributed by atoms with Crippen LogP contribution in [0.25, 0.3) is 0 Å². The molecule has 0 aliphatic rings. The van der Waals surface area contributed by atoms with Crippen LogP contribution in [0.5, 0.6) is 0 Å². The predicted molar refractivity (Wildman–Crippen MR) is 207 cm³/mol. The van der Waals surface area contributed by atoms with Crippen molar-refractivity contribution < 1.29 is 39.9 Å². The lowest BCUT2D eigenvalue weighted by Gasteiger charge is -2.24. The van der Waals surface area contributed by atoms with Gasteiger partial charge < -0.3 is 19.7 Å². The number of hydrogen-bond acceptors (Lipinski definition) is 10. The minimum Gasteiger partial charge on any atom is -0.359 e. The second-order valence-corrected chi connectivity index (χ2v) is 22.3. The van der Waals surface area contributed by atoms with Gasteiger partial charge in [0, 0.05) is 28.0 Å². The largest absolute Gasteiger partial charge is 0.359 e. The number of hydrogen-bond donors (Lipinski definition) is 2. The van der Waals surface area contributed by atoms with E-state index in [4.69, 9.17) is 20.6 Å².